The number of benzene rings is 1. The molecule has 5 heteroatoms. The van der Waals surface area contributed by atoms with Gasteiger partial charge in [0.05, 0.1) is 6.04 Å². The van der Waals surface area contributed by atoms with Crippen molar-refractivity contribution in [3.05, 3.63) is 29.8 Å². The van der Waals surface area contributed by atoms with Crippen molar-refractivity contribution in [3.8, 4) is 0 Å². The largest absolute Gasteiger partial charge is 0.325 e. The van der Waals surface area contributed by atoms with Crippen LogP contribution < -0.4 is 10.6 Å². The number of hydrogen-bond acceptors (Lipinski definition) is 3. The fraction of sp³-hybridized carbons (Fsp3) is 0.562. The number of hydrogen-bond donors (Lipinski definition) is 2. The molecule has 1 heterocycles. The Balaban J connectivity index is 2.00. The second-order valence-electron chi connectivity index (χ2n) is 6.44. The normalized spacial score (nSPS) is 20.2. The zero-order valence-electron chi connectivity index (χ0n) is 12.9. The highest BCUT2D eigenvalue weighted by atomic mass is 32.2. The highest BCUT2D eigenvalue weighted by Crippen LogP contribution is 2.19. The minimum Gasteiger partial charge on any atom is -0.325 e. The van der Waals surface area contributed by atoms with E-state index in [1.807, 2.05) is 45.0 Å². The molecule has 1 aromatic rings. The van der Waals surface area contributed by atoms with Crippen molar-refractivity contribution in [2.45, 2.75) is 50.2 Å². The lowest BCUT2D eigenvalue weighted by Gasteiger charge is -2.18. The van der Waals surface area contributed by atoms with Crippen molar-refractivity contribution in [2.75, 3.05) is 11.9 Å². The molecule has 0 radical (unpaired) electrons. The second kappa shape index (κ2) is 6.71. The molecular weight excluding hydrogens is 284 g/mol. The number of amides is 1. The lowest BCUT2D eigenvalue weighted by Crippen LogP contribution is -2.35. The van der Waals surface area contributed by atoms with Crippen LogP contribution in [0.1, 0.15) is 39.2 Å². The lowest BCUT2D eigenvalue weighted by atomic mass is 10.2. The summed E-state index contributed by atoms with van der Waals surface area (Å²) in [5.74, 6) is 0.524. The Morgan fingerprint density at radius 2 is 2.19 bits per heavy atom. The zero-order valence-corrected chi connectivity index (χ0v) is 13.8. The van der Waals surface area contributed by atoms with Crippen molar-refractivity contribution in [1.82, 2.24) is 5.32 Å². The predicted octanol–water partition coefficient (Wildman–Crippen LogP) is 2.42. The van der Waals surface area contributed by atoms with Crippen molar-refractivity contribution >= 4 is 22.4 Å². The molecule has 0 aliphatic carbocycles. The van der Waals surface area contributed by atoms with Gasteiger partial charge in [0, 0.05) is 27.0 Å². The van der Waals surface area contributed by atoms with Crippen LogP contribution in [-0.4, -0.2) is 27.4 Å². The maximum Gasteiger partial charge on any atom is 0.241 e. The van der Waals surface area contributed by atoms with Gasteiger partial charge in [-0.2, -0.15) is 0 Å². The van der Waals surface area contributed by atoms with E-state index in [1.165, 1.54) is 0 Å². The quantitative estimate of drug-likeness (QED) is 0.898. The molecule has 2 atom stereocenters. The molecule has 21 heavy (non-hydrogen) atoms. The summed E-state index contributed by atoms with van der Waals surface area (Å²) in [5.41, 5.74) is 1.76. The van der Waals surface area contributed by atoms with E-state index in [0.717, 1.165) is 30.6 Å². The van der Waals surface area contributed by atoms with Gasteiger partial charge in [0.2, 0.25) is 5.91 Å². The first-order valence-corrected chi connectivity index (χ1v) is 8.70. The summed E-state index contributed by atoms with van der Waals surface area (Å²) in [5, 5.41) is 6.12. The van der Waals surface area contributed by atoms with E-state index in [0.29, 0.717) is 5.75 Å². The van der Waals surface area contributed by atoms with Crippen molar-refractivity contribution in [1.29, 1.82) is 0 Å². The number of nitrogens with one attached hydrogen (secondary N) is 2. The van der Waals surface area contributed by atoms with E-state index in [4.69, 9.17) is 0 Å². The van der Waals surface area contributed by atoms with Gasteiger partial charge in [0.1, 0.15) is 0 Å². The van der Waals surface area contributed by atoms with Gasteiger partial charge in [-0.25, -0.2) is 0 Å². The second-order valence-corrected chi connectivity index (χ2v) is 8.65. The van der Waals surface area contributed by atoms with Crippen LogP contribution in [0.15, 0.2) is 24.3 Å². The average molecular weight is 308 g/mol. The van der Waals surface area contributed by atoms with E-state index >= 15 is 0 Å². The molecule has 1 aliphatic heterocycles. The molecule has 2 N–H and O–H groups in total. The number of carbonyl (C=O) groups excluding carboxylic acids is 1. The van der Waals surface area contributed by atoms with Crippen LogP contribution in [0.2, 0.25) is 0 Å². The summed E-state index contributed by atoms with van der Waals surface area (Å²) < 4.78 is 12.0. The van der Waals surface area contributed by atoms with Gasteiger partial charge < -0.3 is 10.6 Å². The van der Waals surface area contributed by atoms with E-state index in [9.17, 15) is 9.00 Å². The summed E-state index contributed by atoms with van der Waals surface area (Å²) in [4.78, 5) is 12.1. The number of anilines is 1. The molecule has 0 spiro atoms. The standard InChI is InChI=1S/C16H24N2O2S/c1-16(2,3)21(20)11-12-6-4-7-13(10-12)18-15(19)14-8-5-9-17-14/h4,6-7,10,14,17H,5,8-9,11H2,1-3H3,(H,18,19). The van der Waals surface area contributed by atoms with Crippen LogP contribution in [0.25, 0.3) is 0 Å². The molecular formula is C16H24N2O2S. The Kier molecular flexibility index (Phi) is 5.17. The summed E-state index contributed by atoms with van der Waals surface area (Å²) in [7, 11) is -0.936. The SMILES string of the molecule is CC(C)(C)S(=O)Cc1cccc(NC(=O)C2CCCN2)c1. The van der Waals surface area contributed by atoms with Gasteiger partial charge in [-0.15, -0.1) is 0 Å². The van der Waals surface area contributed by atoms with E-state index in [-0.39, 0.29) is 16.7 Å². The van der Waals surface area contributed by atoms with Crippen LogP contribution in [0.3, 0.4) is 0 Å². The first-order chi connectivity index (χ1) is 9.86. The molecule has 1 aliphatic rings. The zero-order chi connectivity index (χ0) is 15.5. The van der Waals surface area contributed by atoms with Crippen molar-refractivity contribution < 1.29 is 9.00 Å². The predicted molar refractivity (Wildman–Crippen MR) is 87.7 cm³/mol. The molecule has 4 nitrogen and oxygen atoms in total. The summed E-state index contributed by atoms with van der Waals surface area (Å²) in [6.07, 6.45) is 1.93. The van der Waals surface area contributed by atoms with Crippen molar-refractivity contribution in [3.63, 3.8) is 0 Å². The molecule has 2 rings (SSSR count). The third-order valence-electron chi connectivity index (χ3n) is 3.55. The molecule has 0 bridgehead atoms. The highest BCUT2D eigenvalue weighted by molar-refractivity contribution is 7.85. The van der Waals surface area contributed by atoms with Gasteiger partial charge in [-0.05, 0) is 57.9 Å². The molecule has 0 saturated carbocycles. The maximum absolute atomic E-state index is 12.2. The summed E-state index contributed by atoms with van der Waals surface area (Å²) >= 11 is 0. The Hall–Kier alpha value is -1.20. The van der Waals surface area contributed by atoms with Crippen LogP contribution in [0, 0.1) is 0 Å². The van der Waals surface area contributed by atoms with Gasteiger partial charge >= 0.3 is 0 Å². The van der Waals surface area contributed by atoms with Crippen molar-refractivity contribution in [2.24, 2.45) is 0 Å². The number of rotatable bonds is 4. The minimum atomic E-state index is -0.936. The fourth-order valence-corrected chi connectivity index (χ4v) is 3.16. The Morgan fingerprint density at radius 1 is 1.43 bits per heavy atom. The average Bonchev–Trinajstić information content (AvgIpc) is 2.91. The molecule has 1 fully saturated rings. The third-order valence-corrected chi connectivity index (χ3v) is 5.51. The minimum absolute atomic E-state index is 0.0154. The summed E-state index contributed by atoms with van der Waals surface area (Å²) in [6.45, 7) is 6.82. The third kappa shape index (κ3) is 4.64. The lowest BCUT2D eigenvalue weighted by molar-refractivity contribution is -0.117. The Morgan fingerprint density at radius 3 is 2.81 bits per heavy atom. The van der Waals surface area contributed by atoms with Crippen LogP contribution in [-0.2, 0) is 21.3 Å². The van der Waals surface area contributed by atoms with E-state index < -0.39 is 10.8 Å². The maximum atomic E-state index is 12.2. The van der Waals surface area contributed by atoms with Gasteiger partial charge in [-0.3, -0.25) is 9.00 Å². The molecule has 1 aromatic carbocycles. The van der Waals surface area contributed by atoms with E-state index in [2.05, 4.69) is 10.6 Å². The fourth-order valence-electron chi connectivity index (χ4n) is 2.24. The monoisotopic (exact) mass is 308 g/mol. The van der Waals surface area contributed by atoms with E-state index in [1.54, 1.807) is 0 Å². The van der Waals surface area contributed by atoms with Gasteiger partial charge in [0.15, 0.2) is 0 Å². The Labute approximate surface area is 129 Å². The van der Waals surface area contributed by atoms with Crippen LogP contribution in [0.5, 0.6) is 0 Å². The Bertz CT molecular complexity index is 531. The molecule has 116 valence electrons. The topological polar surface area (TPSA) is 58.2 Å². The molecule has 1 amide bonds. The number of carbonyl (C=O) groups is 1. The summed E-state index contributed by atoms with van der Waals surface area (Å²) in [6, 6.07) is 7.55. The van der Waals surface area contributed by atoms with Crippen LogP contribution >= 0.6 is 0 Å². The molecule has 1 saturated heterocycles. The first-order valence-electron chi connectivity index (χ1n) is 7.38. The molecule has 2 unspecified atom stereocenters. The highest BCUT2D eigenvalue weighted by Gasteiger charge is 2.22. The molecule has 0 aromatic heterocycles. The first kappa shape index (κ1) is 16.2. The van der Waals surface area contributed by atoms with Crippen LogP contribution in [0.4, 0.5) is 5.69 Å². The smallest absolute Gasteiger partial charge is 0.241 e. The van der Waals surface area contributed by atoms with Gasteiger partial charge in [0.25, 0.3) is 0 Å². The van der Waals surface area contributed by atoms with Gasteiger partial charge in [-0.1, -0.05) is 12.1 Å².